The molecule has 2 N–H and O–H groups in total. The molecule has 0 spiro atoms. The van der Waals surface area contributed by atoms with E-state index in [1.54, 1.807) is 0 Å². The lowest BCUT2D eigenvalue weighted by Gasteiger charge is -2.11. The molecule has 0 saturated heterocycles. The highest BCUT2D eigenvalue weighted by molar-refractivity contribution is 7.80. The third kappa shape index (κ3) is 6.65. The first-order chi connectivity index (χ1) is 15.0. The monoisotopic (exact) mass is 434 g/mol. The molecule has 0 aliphatic heterocycles. The summed E-state index contributed by atoms with van der Waals surface area (Å²) in [6.45, 7) is 0.583. The lowest BCUT2D eigenvalue weighted by molar-refractivity contribution is 0.0600. The SMILES string of the molecule is COC(=O)c1ccc(C(=O)NC(=S)Nc2ccc(OCCc3ccccc3)cc2)cc1. The molecule has 0 aliphatic carbocycles. The summed E-state index contributed by atoms with van der Waals surface area (Å²) in [6.07, 6.45) is 0.831. The summed E-state index contributed by atoms with van der Waals surface area (Å²) >= 11 is 5.21. The molecule has 1 amide bonds. The molecular formula is C24H22N2O4S. The van der Waals surface area contributed by atoms with Crippen LogP contribution in [0.5, 0.6) is 5.75 Å². The van der Waals surface area contributed by atoms with Gasteiger partial charge in [-0.05, 0) is 66.3 Å². The van der Waals surface area contributed by atoms with Crippen LogP contribution in [0.1, 0.15) is 26.3 Å². The standard InChI is InChI=1S/C24H22N2O4S/c1-29-23(28)19-9-7-18(8-10-19)22(27)26-24(31)25-20-11-13-21(14-12-20)30-16-15-17-5-3-2-4-6-17/h2-14H,15-16H2,1H3,(H2,25,26,27,31). The first kappa shape index (κ1) is 22.0. The van der Waals surface area contributed by atoms with Crippen molar-refractivity contribution in [3.8, 4) is 5.75 Å². The maximum Gasteiger partial charge on any atom is 0.337 e. The number of thiocarbonyl (C=S) groups is 1. The first-order valence-electron chi connectivity index (χ1n) is 9.62. The maximum absolute atomic E-state index is 12.3. The van der Waals surface area contributed by atoms with Gasteiger partial charge in [0.2, 0.25) is 0 Å². The van der Waals surface area contributed by atoms with Crippen LogP contribution in [-0.4, -0.2) is 30.7 Å². The Bertz CT molecular complexity index is 1040. The predicted molar refractivity (Wildman–Crippen MR) is 124 cm³/mol. The van der Waals surface area contributed by atoms with E-state index in [9.17, 15) is 9.59 Å². The van der Waals surface area contributed by atoms with Crippen LogP contribution >= 0.6 is 12.2 Å². The Morgan fingerprint density at radius 1 is 0.871 bits per heavy atom. The number of benzene rings is 3. The van der Waals surface area contributed by atoms with Gasteiger partial charge in [0.05, 0.1) is 19.3 Å². The Morgan fingerprint density at radius 2 is 1.52 bits per heavy atom. The van der Waals surface area contributed by atoms with E-state index in [2.05, 4.69) is 27.5 Å². The van der Waals surface area contributed by atoms with Gasteiger partial charge in [-0.1, -0.05) is 30.3 Å². The lowest BCUT2D eigenvalue weighted by Crippen LogP contribution is -2.34. The molecule has 0 saturated carbocycles. The summed E-state index contributed by atoms with van der Waals surface area (Å²) in [6, 6.07) is 23.6. The third-order valence-electron chi connectivity index (χ3n) is 4.41. The summed E-state index contributed by atoms with van der Waals surface area (Å²) in [7, 11) is 1.30. The quantitative estimate of drug-likeness (QED) is 0.428. The summed E-state index contributed by atoms with van der Waals surface area (Å²) in [4.78, 5) is 23.8. The van der Waals surface area contributed by atoms with Gasteiger partial charge in [-0.3, -0.25) is 10.1 Å². The number of carbonyl (C=O) groups excluding carboxylic acids is 2. The van der Waals surface area contributed by atoms with Crippen LogP contribution < -0.4 is 15.4 Å². The highest BCUT2D eigenvalue weighted by atomic mass is 32.1. The Hall–Kier alpha value is -3.71. The zero-order valence-corrected chi connectivity index (χ0v) is 17.8. The second-order valence-electron chi connectivity index (χ2n) is 6.59. The van der Waals surface area contributed by atoms with Crippen molar-refractivity contribution in [3.05, 3.63) is 95.6 Å². The van der Waals surface area contributed by atoms with Crippen molar-refractivity contribution in [2.24, 2.45) is 0 Å². The van der Waals surface area contributed by atoms with E-state index in [0.717, 1.165) is 17.9 Å². The van der Waals surface area contributed by atoms with Gasteiger partial charge in [-0.15, -0.1) is 0 Å². The van der Waals surface area contributed by atoms with Gasteiger partial charge >= 0.3 is 5.97 Å². The zero-order valence-electron chi connectivity index (χ0n) is 17.0. The molecule has 7 heteroatoms. The van der Waals surface area contributed by atoms with Gasteiger partial charge in [0.15, 0.2) is 5.11 Å². The summed E-state index contributed by atoms with van der Waals surface area (Å²) in [5, 5.41) is 5.74. The lowest BCUT2D eigenvalue weighted by atomic mass is 10.1. The summed E-state index contributed by atoms with van der Waals surface area (Å²) < 4.78 is 10.4. The van der Waals surface area contributed by atoms with Crippen molar-refractivity contribution in [2.45, 2.75) is 6.42 Å². The molecule has 6 nitrogen and oxygen atoms in total. The predicted octanol–water partition coefficient (Wildman–Crippen LogP) is 4.22. The van der Waals surface area contributed by atoms with Gasteiger partial charge < -0.3 is 14.8 Å². The number of nitrogens with one attached hydrogen (secondary N) is 2. The summed E-state index contributed by atoms with van der Waals surface area (Å²) in [5.41, 5.74) is 2.69. The van der Waals surface area contributed by atoms with E-state index < -0.39 is 5.97 Å². The molecule has 3 rings (SSSR count). The smallest absolute Gasteiger partial charge is 0.337 e. The van der Waals surface area contributed by atoms with E-state index in [4.69, 9.17) is 17.0 Å². The van der Waals surface area contributed by atoms with E-state index in [0.29, 0.717) is 17.7 Å². The van der Waals surface area contributed by atoms with Gasteiger partial charge in [0, 0.05) is 17.7 Å². The highest BCUT2D eigenvalue weighted by Gasteiger charge is 2.10. The van der Waals surface area contributed by atoms with Crippen molar-refractivity contribution in [1.82, 2.24) is 5.32 Å². The topological polar surface area (TPSA) is 76.7 Å². The van der Waals surface area contributed by atoms with Crippen LogP contribution in [0.15, 0.2) is 78.9 Å². The molecule has 3 aromatic carbocycles. The fourth-order valence-corrected chi connectivity index (χ4v) is 2.99. The molecule has 3 aromatic rings. The third-order valence-corrected chi connectivity index (χ3v) is 4.61. The fraction of sp³-hybridized carbons (Fsp3) is 0.125. The van der Waals surface area contributed by atoms with E-state index in [1.165, 1.54) is 36.9 Å². The minimum Gasteiger partial charge on any atom is -0.493 e. The molecule has 0 heterocycles. The number of methoxy groups -OCH3 is 1. The van der Waals surface area contributed by atoms with Crippen molar-refractivity contribution in [1.29, 1.82) is 0 Å². The van der Waals surface area contributed by atoms with Crippen LogP contribution in [0.2, 0.25) is 0 Å². The average Bonchev–Trinajstić information content (AvgIpc) is 2.80. The molecule has 0 fully saturated rings. The highest BCUT2D eigenvalue weighted by Crippen LogP contribution is 2.16. The number of ether oxygens (including phenoxy) is 2. The number of anilines is 1. The van der Waals surface area contributed by atoms with Crippen molar-refractivity contribution >= 4 is 34.9 Å². The zero-order chi connectivity index (χ0) is 22.1. The second-order valence-corrected chi connectivity index (χ2v) is 6.99. The van der Waals surface area contributed by atoms with Crippen LogP contribution in [0.25, 0.3) is 0 Å². The van der Waals surface area contributed by atoms with Crippen molar-refractivity contribution in [2.75, 3.05) is 19.0 Å². The van der Waals surface area contributed by atoms with E-state index >= 15 is 0 Å². The van der Waals surface area contributed by atoms with Crippen LogP contribution in [0.4, 0.5) is 5.69 Å². The minimum atomic E-state index is -0.461. The van der Waals surface area contributed by atoms with Crippen LogP contribution in [0.3, 0.4) is 0 Å². The number of rotatable bonds is 7. The Labute approximate surface area is 186 Å². The molecule has 0 radical (unpaired) electrons. The number of hydrogen-bond acceptors (Lipinski definition) is 5. The number of amides is 1. The average molecular weight is 435 g/mol. The molecule has 158 valence electrons. The van der Waals surface area contributed by atoms with Gasteiger partial charge in [0.25, 0.3) is 5.91 Å². The minimum absolute atomic E-state index is 0.166. The van der Waals surface area contributed by atoms with Crippen molar-refractivity contribution in [3.63, 3.8) is 0 Å². The molecule has 0 aliphatic rings. The molecule has 31 heavy (non-hydrogen) atoms. The van der Waals surface area contributed by atoms with Crippen LogP contribution in [0, 0.1) is 0 Å². The largest absolute Gasteiger partial charge is 0.493 e. The molecule has 0 atom stereocenters. The first-order valence-corrected chi connectivity index (χ1v) is 10.0. The number of hydrogen-bond donors (Lipinski definition) is 2. The number of carbonyl (C=O) groups is 2. The second kappa shape index (κ2) is 10.9. The molecular weight excluding hydrogens is 412 g/mol. The van der Waals surface area contributed by atoms with Gasteiger partial charge in [0.1, 0.15) is 5.75 Å². The summed E-state index contributed by atoms with van der Waals surface area (Å²) in [5.74, 6) is -0.0893. The van der Waals surface area contributed by atoms with E-state index in [1.807, 2.05) is 42.5 Å². The Kier molecular flexibility index (Phi) is 7.73. The number of esters is 1. The normalized spacial score (nSPS) is 10.1. The molecule has 0 unspecified atom stereocenters. The Morgan fingerprint density at radius 3 is 2.16 bits per heavy atom. The van der Waals surface area contributed by atoms with Crippen LogP contribution in [-0.2, 0) is 11.2 Å². The Balaban J connectivity index is 1.46. The molecule has 0 aromatic heterocycles. The van der Waals surface area contributed by atoms with Gasteiger partial charge in [-0.2, -0.15) is 0 Å². The van der Waals surface area contributed by atoms with E-state index in [-0.39, 0.29) is 11.0 Å². The molecule has 0 bridgehead atoms. The maximum atomic E-state index is 12.3. The van der Waals surface area contributed by atoms with Gasteiger partial charge in [-0.25, -0.2) is 4.79 Å². The fourth-order valence-electron chi connectivity index (χ4n) is 2.78. The van der Waals surface area contributed by atoms with Crippen molar-refractivity contribution < 1.29 is 19.1 Å².